The van der Waals surface area contributed by atoms with E-state index in [0.29, 0.717) is 30.0 Å². The molecule has 0 unspecified atom stereocenters. The molecular formula is C24H19F3N4O. The van der Waals surface area contributed by atoms with Gasteiger partial charge < -0.3 is 4.90 Å². The fourth-order valence-electron chi connectivity index (χ4n) is 4.50. The largest absolute Gasteiger partial charge is 0.329 e. The van der Waals surface area contributed by atoms with Crippen LogP contribution in [0.25, 0.3) is 22.0 Å². The Morgan fingerprint density at radius 3 is 2.56 bits per heavy atom. The van der Waals surface area contributed by atoms with E-state index in [1.165, 1.54) is 4.68 Å². The summed E-state index contributed by atoms with van der Waals surface area (Å²) in [5.41, 5.74) is 2.53. The van der Waals surface area contributed by atoms with E-state index in [1.807, 2.05) is 37.3 Å². The maximum Gasteiger partial charge on any atom is 0.273 e. The van der Waals surface area contributed by atoms with Gasteiger partial charge in [-0.05, 0) is 36.9 Å². The zero-order valence-electron chi connectivity index (χ0n) is 17.4. The molecule has 0 aliphatic carbocycles. The van der Waals surface area contributed by atoms with Gasteiger partial charge in [0.2, 0.25) is 0 Å². The van der Waals surface area contributed by atoms with Crippen LogP contribution in [0.5, 0.6) is 0 Å². The molecule has 4 aromatic rings. The minimum atomic E-state index is -1.50. The van der Waals surface area contributed by atoms with Gasteiger partial charge in [-0.2, -0.15) is 5.10 Å². The first kappa shape index (κ1) is 20.2. The van der Waals surface area contributed by atoms with E-state index in [-0.39, 0.29) is 17.5 Å². The van der Waals surface area contributed by atoms with Crippen LogP contribution in [0.15, 0.2) is 48.7 Å². The normalized spacial score (nSPS) is 15.8. The molecule has 2 aromatic carbocycles. The van der Waals surface area contributed by atoms with Crippen molar-refractivity contribution in [3.63, 3.8) is 0 Å². The first-order chi connectivity index (χ1) is 15.4. The Bertz CT molecular complexity index is 1350. The van der Waals surface area contributed by atoms with Crippen LogP contribution >= 0.6 is 0 Å². The standard InChI is InChI=1S/C24H19F3N4O/c1-13-21-17(23(30(2)29-21)15-11-18(25)20(27)19(26)12-15)8-10-31(13)24(32)22-16-6-4-3-5-14(16)7-9-28-22/h3-7,9,11-13H,8,10H2,1-2H3/t13-/m0/s1. The van der Waals surface area contributed by atoms with Gasteiger partial charge in [-0.15, -0.1) is 0 Å². The number of aryl methyl sites for hydroxylation is 1. The molecular weight excluding hydrogens is 417 g/mol. The summed E-state index contributed by atoms with van der Waals surface area (Å²) >= 11 is 0. The molecule has 0 radical (unpaired) electrons. The molecule has 2 aromatic heterocycles. The Labute approximate surface area is 182 Å². The summed E-state index contributed by atoms with van der Waals surface area (Å²) in [6, 6.07) is 11.0. The number of aromatic nitrogens is 3. The van der Waals surface area contributed by atoms with Crippen molar-refractivity contribution in [2.75, 3.05) is 6.54 Å². The number of fused-ring (bicyclic) bond motifs is 2. The van der Waals surface area contributed by atoms with Crippen LogP contribution in [0, 0.1) is 17.5 Å². The molecule has 0 saturated heterocycles. The lowest BCUT2D eigenvalue weighted by molar-refractivity contribution is 0.0670. The van der Waals surface area contributed by atoms with Crippen molar-refractivity contribution in [2.24, 2.45) is 7.05 Å². The van der Waals surface area contributed by atoms with Gasteiger partial charge in [0.25, 0.3) is 5.91 Å². The number of nitrogens with zero attached hydrogens (tertiary/aromatic N) is 4. The zero-order valence-corrected chi connectivity index (χ0v) is 17.4. The third kappa shape index (κ3) is 3.05. The second kappa shape index (κ2) is 7.47. The Morgan fingerprint density at radius 2 is 1.81 bits per heavy atom. The monoisotopic (exact) mass is 436 g/mol. The number of carbonyl (C=O) groups excluding carboxylic acids is 1. The van der Waals surface area contributed by atoms with Gasteiger partial charge in [-0.3, -0.25) is 14.5 Å². The van der Waals surface area contributed by atoms with Gasteiger partial charge in [-0.25, -0.2) is 13.2 Å². The highest BCUT2D eigenvalue weighted by atomic mass is 19.2. The summed E-state index contributed by atoms with van der Waals surface area (Å²) in [5.74, 6) is -4.21. The summed E-state index contributed by atoms with van der Waals surface area (Å²) in [6.07, 6.45) is 2.06. The number of carbonyl (C=O) groups is 1. The number of pyridine rings is 1. The molecule has 0 fully saturated rings. The minimum Gasteiger partial charge on any atom is -0.329 e. The van der Waals surface area contributed by atoms with Gasteiger partial charge in [0, 0.05) is 36.3 Å². The third-order valence-electron chi connectivity index (χ3n) is 6.04. The van der Waals surface area contributed by atoms with Crippen molar-refractivity contribution in [3.05, 3.63) is 83.1 Å². The van der Waals surface area contributed by atoms with Crippen LogP contribution < -0.4 is 0 Å². The lowest BCUT2D eigenvalue weighted by Gasteiger charge is -2.33. The Morgan fingerprint density at radius 1 is 1.09 bits per heavy atom. The molecule has 32 heavy (non-hydrogen) atoms. The summed E-state index contributed by atoms with van der Waals surface area (Å²) in [7, 11) is 1.66. The number of hydrogen-bond donors (Lipinski definition) is 0. The molecule has 5 rings (SSSR count). The lowest BCUT2D eigenvalue weighted by atomic mass is 9.95. The second-order valence-electron chi connectivity index (χ2n) is 7.90. The van der Waals surface area contributed by atoms with Gasteiger partial charge in [0.15, 0.2) is 17.5 Å². The van der Waals surface area contributed by atoms with Crippen molar-refractivity contribution in [1.82, 2.24) is 19.7 Å². The predicted octanol–water partition coefficient (Wildman–Crippen LogP) is 4.81. The first-order valence-corrected chi connectivity index (χ1v) is 10.2. The fourth-order valence-corrected chi connectivity index (χ4v) is 4.50. The predicted molar refractivity (Wildman–Crippen MR) is 113 cm³/mol. The van der Waals surface area contributed by atoms with Crippen LogP contribution in [-0.2, 0) is 13.5 Å². The van der Waals surface area contributed by atoms with Crippen LogP contribution in [0.1, 0.15) is 34.7 Å². The number of halogens is 3. The molecule has 8 heteroatoms. The van der Waals surface area contributed by atoms with Crippen molar-refractivity contribution >= 4 is 16.7 Å². The maximum absolute atomic E-state index is 13.9. The number of benzene rings is 2. The molecule has 3 heterocycles. The maximum atomic E-state index is 13.9. The first-order valence-electron chi connectivity index (χ1n) is 10.2. The van der Waals surface area contributed by atoms with Crippen LogP contribution in [-0.4, -0.2) is 32.1 Å². The third-order valence-corrected chi connectivity index (χ3v) is 6.04. The highest BCUT2D eigenvalue weighted by Gasteiger charge is 2.34. The van der Waals surface area contributed by atoms with Crippen LogP contribution in [0.3, 0.4) is 0 Å². The molecule has 162 valence electrons. The van der Waals surface area contributed by atoms with E-state index in [2.05, 4.69) is 10.1 Å². The summed E-state index contributed by atoms with van der Waals surface area (Å²) in [6.45, 7) is 2.26. The molecule has 0 bridgehead atoms. The molecule has 1 aliphatic rings. The molecule has 1 amide bonds. The van der Waals surface area contributed by atoms with E-state index in [4.69, 9.17) is 0 Å². The number of hydrogen-bond acceptors (Lipinski definition) is 3. The van der Waals surface area contributed by atoms with Crippen molar-refractivity contribution < 1.29 is 18.0 Å². The zero-order chi connectivity index (χ0) is 22.6. The van der Waals surface area contributed by atoms with Crippen molar-refractivity contribution in [3.8, 4) is 11.3 Å². The quantitative estimate of drug-likeness (QED) is 0.424. The highest BCUT2D eigenvalue weighted by Crippen LogP contribution is 2.37. The Hall–Kier alpha value is -3.68. The van der Waals surface area contributed by atoms with Gasteiger partial charge in [0.05, 0.1) is 17.4 Å². The van der Waals surface area contributed by atoms with E-state index in [1.54, 1.807) is 18.1 Å². The van der Waals surface area contributed by atoms with E-state index < -0.39 is 17.5 Å². The average molecular weight is 436 g/mol. The highest BCUT2D eigenvalue weighted by molar-refractivity contribution is 6.05. The van der Waals surface area contributed by atoms with Gasteiger partial charge >= 0.3 is 0 Å². The van der Waals surface area contributed by atoms with Gasteiger partial charge in [0.1, 0.15) is 5.69 Å². The van der Waals surface area contributed by atoms with Gasteiger partial charge in [-0.1, -0.05) is 24.3 Å². The molecule has 5 nitrogen and oxygen atoms in total. The fraction of sp³-hybridized carbons (Fsp3) is 0.208. The van der Waals surface area contributed by atoms with Crippen molar-refractivity contribution in [1.29, 1.82) is 0 Å². The lowest BCUT2D eigenvalue weighted by Crippen LogP contribution is -2.39. The SMILES string of the molecule is C[C@H]1c2nn(C)c(-c3cc(F)c(F)c(F)c3)c2CCN1C(=O)c1nccc2ccccc12. The Balaban J connectivity index is 1.54. The average Bonchev–Trinajstić information content (AvgIpc) is 3.13. The number of rotatable bonds is 2. The molecule has 1 aliphatic heterocycles. The summed E-state index contributed by atoms with van der Waals surface area (Å²) in [4.78, 5) is 19.5. The van der Waals surface area contributed by atoms with Crippen LogP contribution in [0.2, 0.25) is 0 Å². The smallest absolute Gasteiger partial charge is 0.273 e. The molecule has 0 saturated carbocycles. The minimum absolute atomic E-state index is 0.203. The summed E-state index contributed by atoms with van der Waals surface area (Å²) in [5, 5.41) is 6.25. The van der Waals surface area contributed by atoms with E-state index >= 15 is 0 Å². The second-order valence-corrected chi connectivity index (χ2v) is 7.90. The van der Waals surface area contributed by atoms with Crippen LogP contribution in [0.4, 0.5) is 13.2 Å². The topological polar surface area (TPSA) is 51.0 Å². The number of amides is 1. The van der Waals surface area contributed by atoms with E-state index in [0.717, 1.165) is 28.5 Å². The summed E-state index contributed by atoms with van der Waals surface area (Å²) < 4.78 is 42.7. The Kier molecular flexibility index (Phi) is 4.73. The van der Waals surface area contributed by atoms with Crippen molar-refractivity contribution in [2.45, 2.75) is 19.4 Å². The molecule has 1 atom stereocenters. The molecule has 0 spiro atoms. The van der Waals surface area contributed by atoms with E-state index in [9.17, 15) is 18.0 Å². The molecule has 0 N–H and O–H groups in total.